The van der Waals surface area contributed by atoms with Crippen LogP contribution in [0.4, 0.5) is 0 Å². The van der Waals surface area contributed by atoms with E-state index in [2.05, 4.69) is 38.3 Å². The van der Waals surface area contributed by atoms with E-state index < -0.39 is 0 Å². The van der Waals surface area contributed by atoms with Gasteiger partial charge in [-0.05, 0) is 25.2 Å². The van der Waals surface area contributed by atoms with Gasteiger partial charge in [-0.25, -0.2) is 0 Å². The molecule has 0 heterocycles. The topological polar surface area (TPSA) is 33.3 Å². The van der Waals surface area contributed by atoms with Gasteiger partial charge in [0.15, 0.2) is 0 Å². The summed E-state index contributed by atoms with van der Waals surface area (Å²) in [5.74, 6) is 0. The van der Waals surface area contributed by atoms with Crippen LogP contribution in [0.5, 0.6) is 0 Å². The fourth-order valence-electron chi connectivity index (χ4n) is 1.44. The van der Waals surface area contributed by atoms with Gasteiger partial charge >= 0.3 is 0 Å². The van der Waals surface area contributed by atoms with Crippen molar-refractivity contribution in [3.63, 3.8) is 0 Å². The summed E-state index contributed by atoms with van der Waals surface area (Å²) in [4.78, 5) is 0. The summed E-state index contributed by atoms with van der Waals surface area (Å²) < 4.78 is 5.11. The van der Waals surface area contributed by atoms with Crippen LogP contribution >= 0.6 is 0 Å². The fraction of sp³-hybridized carbons (Fsp3) is 1.00. The molecule has 0 bridgehead atoms. The number of rotatable bonds is 10. The number of ether oxygens (including phenoxy) is 1. The predicted octanol–water partition coefficient (Wildman–Crippen LogP) is 2.03. The Hall–Kier alpha value is -0.120. The maximum absolute atomic E-state index is 5.11. The molecule has 2 N–H and O–H groups in total. The van der Waals surface area contributed by atoms with Crippen molar-refractivity contribution in [3.8, 4) is 0 Å². The van der Waals surface area contributed by atoms with Crippen molar-refractivity contribution in [2.75, 3.05) is 33.4 Å². The van der Waals surface area contributed by atoms with Gasteiger partial charge in [-0.15, -0.1) is 0 Å². The SMILES string of the molecule is CCC(C)NCCNCC(C)(C)CCOC. The first-order chi connectivity index (χ1) is 7.52. The largest absolute Gasteiger partial charge is 0.385 e. The van der Waals surface area contributed by atoms with E-state index in [1.165, 1.54) is 6.42 Å². The third kappa shape index (κ3) is 9.13. The lowest BCUT2D eigenvalue weighted by atomic mass is 9.90. The van der Waals surface area contributed by atoms with Crippen LogP contribution in [-0.4, -0.2) is 39.4 Å². The van der Waals surface area contributed by atoms with Gasteiger partial charge in [-0.2, -0.15) is 0 Å². The minimum absolute atomic E-state index is 0.326. The molecule has 0 rings (SSSR count). The van der Waals surface area contributed by atoms with Crippen LogP contribution in [0, 0.1) is 5.41 Å². The lowest BCUT2D eigenvalue weighted by Gasteiger charge is -2.25. The van der Waals surface area contributed by atoms with Crippen LogP contribution in [0.2, 0.25) is 0 Å². The zero-order chi connectivity index (χ0) is 12.4. The minimum atomic E-state index is 0.326. The lowest BCUT2D eigenvalue weighted by Crippen LogP contribution is -2.37. The molecule has 0 amide bonds. The van der Waals surface area contributed by atoms with Crippen molar-refractivity contribution >= 4 is 0 Å². The first-order valence-electron chi connectivity index (χ1n) is 6.45. The van der Waals surface area contributed by atoms with E-state index in [-0.39, 0.29) is 0 Å². The summed E-state index contributed by atoms with van der Waals surface area (Å²) in [5, 5.41) is 6.97. The van der Waals surface area contributed by atoms with E-state index in [9.17, 15) is 0 Å². The van der Waals surface area contributed by atoms with Crippen molar-refractivity contribution < 1.29 is 4.74 Å². The maximum Gasteiger partial charge on any atom is 0.0467 e. The van der Waals surface area contributed by atoms with Gasteiger partial charge in [0.25, 0.3) is 0 Å². The molecule has 1 atom stereocenters. The van der Waals surface area contributed by atoms with Crippen molar-refractivity contribution in [2.24, 2.45) is 5.41 Å². The number of methoxy groups -OCH3 is 1. The highest BCUT2D eigenvalue weighted by atomic mass is 16.5. The quantitative estimate of drug-likeness (QED) is 0.563. The molecule has 0 saturated carbocycles. The molecule has 98 valence electrons. The first-order valence-corrected chi connectivity index (χ1v) is 6.45. The Kier molecular flexibility index (Phi) is 8.90. The predicted molar refractivity (Wildman–Crippen MR) is 70.9 cm³/mol. The molecule has 3 nitrogen and oxygen atoms in total. The van der Waals surface area contributed by atoms with E-state index in [1.807, 2.05) is 0 Å². The van der Waals surface area contributed by atoms with E-state index >= 15 is 0 Å². The zero-order valence-electron chi connectivity index (χ0n) is 11.7. The normalized spacial score (nSPS) is 14.1. The average Bonchev–Trinajstić information content (AvgIpc) is 2.25. The highest BCUT2D eigenvalue weighted by molar-refractivity contribution is 4.71. The Morgan fingerprint density at radius 3 is 2.50 bits per heavy atom. The summed E-state index contributed by atoms with van der Waals surface area (Å²) in [6, 6.07) is 0.628. The van der Waals surface area contributed by atoms with Crippen LogP contribution in [-0.2, 0) is 4.74 Å². The zero-order valence-corrected chi connectivity index (χ0v) is 11.7. The molecule has 16 heavy (non-hydrogen) atoms. The van der Waals surface area contributed by atoms with Crippen molar-refractivity contribution in [1.29, 1.82) is 0 Å². The van der Waals surface area contributed by atoms with Crippen LogP contribution in [0.25, 0.3) is 0 Å². The molecular formula is C13H30N2O. The number of nitrogens with one attached hydrogen (secondary N) is 2. The Labute approximate surface area is 101 Å². The second-order valence-electron chi connectivity index (χ2n) is 5.35. The Balaban J connectivity index is 3.42. The van der Waals surface area contributed by atoms with E-state index in [1.54, 1.807) is 7.11 Å². The molecule has 0 aliphatic carbocycles. The monoisotopic (exact) mass is 230 g/mol. The molecule has 0 aromatic carbocycles. The molecule has 0 aliphatic rings. The molecule has 0 aromatic heterocycles. The Morgan fingerprint density at radius 1 is 1.25 bits per heavy atom. The maximum atomic E-state index is 5.11. The van der Waals surface area contributed by atoms with E-state index in [0.717, 1.165) is 32.7 Å². The summed E-state index contributed by atoms with van der Waals surface area (Å²) in [7, 11) is 1.76. The highest BCUT2D eigenvalue weighted by Gasteiger charge is 2.16. The van der Waals surface area contributed by atoms with Gasteiger partial charge < -0.3 is 15.4 Å². The van der Waals surface area contributed by atoms with Gasteiger partial charge in [0.2, 0.25) is 0 Å². The summed E-state index contributed by atoms with van der Waals surface area (Å²) in [6.45, 7) is 13.0. The van der Waals surface area contributed by atoms with Gasteiger partial charge in [-0.3, -0.25) is 0 Å². The molecule has 0 spiro atoms. The molecule has 3 heteroatoms. The van der Waals surface area contributed by atoms with Crippen LogP contribution < -0.4 is 10.6 Å². The van der Waals surface area contributed by atoms with Gasteiger partial charge in [-0.1, -0.05) is 20.8 Å². The van der Waals surface area contributed by atoms with Crippen molar-refractivity contribution in [2.45, 2.75) is 46.6 Å². The summed E-state index contributed by atoms with van der Waals surface area (Å²) in [5.41, 5.74) is 0.326. The number of hydrogen-bond donors (Lipinski definition) is 2. The number of hydrogen-bond acceptors (Lipinski definition) is 3. The molecule has 0 saturated heterocycles. The first kappa shape index (κ1) is 15.9. The Morgan fingerprint density at radius 2 is 1.94 bits per heavy atom. The third-order valence-corrected chi connectivity index (χ3v) is 2.99. The molecule has 0 fully saturated rings. The smallest absolute Gasteiger partial charge is 0.0467 e. The summed E-state index contributed by atoms with van der Waals surface area (Å²) >= 11 is 0. The molecule has 0 aliphatic heterocycles. The van der Waals surface area contributed by atoms with E-state index in [0.29, 0.717) is 11.5 Å². The van der Waals surface area contributed by atoms with Gasteiger partial charge in [0.05, 0.1) is 0 Å². The van der Waals surface area contributed by atoms with Crippen molar-refractivity contribution in [1.82, 2.24) is 10.6 Å². The summed E-state index contributed by atoms with van der Waals surface area (Å²) in [6.07, 6.45) is 2.30. The minimum Gasteiger partial charge on any atom is -0.385 e. The van der Waals surface area contributed by atoms with E-state index in [4.69, 9.17) is 4.74 Å². The average molecular weight is 230 g/mol. The van der Waals surface area contributed by atoms with Crippen molar-refractivity contribution in [3.05, 3.63) is 0 Å². The van der Waals surface area contributed by atoms with Gasteiger partial charge in [0.1, 0.15) is 0 Å². The third-order valence-electron chi connectivity index (χ3n) is 2.99. The van der Waals surface area contributed by atoms with Crippen LogP contribution in [0.15, 0.2) is 0 Å². The fourth-order valence-corrected chi connectivity index (χ4v) is 1.44. The van der Waals surface area contributed by atoms with Crippen LogP contribution in [0.1, 0.15) is 40.5 Å². The van der Waals surface area contributed by atoms with Gasteiger partial charge in [0, 0.05) is 39.4 Å². The molecule has 0 radical (unpaired) electrons. The molecule has 0 aromatic rings. The Bertz CT molecular complexity index is 160. The second kappa shape index (κ2) is 8.97. The van der Waals surface area contributed by atoms with Crippen LogP contribution in [0.3, 0.4) is 0 Å². The highest BCUT2D eigenvalue weighted by Crippen LogP contribution is 2.18. The molecule has 1 unspecified atom stereocenters. The lowest BCUT2D eigenvalue weighted by molar-refractivity contribution is 0.151. The molecular weight excluding hydrogens is 200 g/mol. The second-order valence-corrected chi connectivity index (χ2v) is 5.35. The standard InChI is InChI=1S/C13H30N2O/c1-6-12(2)15-9-8-14-11-13(3,4)7-10-16-5/h12,14-15H,6-11H2,1-5H3.